The first-order valence-electron chi connectivity index (χ1n) is 9.94. The van der Waals surface area contributed by atoms with Crippen LogP contribution in [0.5, 0.6) is 5.88 Å². The van der Waals surface area contributed by atoms with Gasteiger partial charge in [0.2, 0.25) is 5.88 Å². The van der Waals surface area contributed by atoms with Crippen molar-refractivity contribution in [3.05, 3.63) is 59.3 Å². The van der Waals surface area contributed by atoms with Crippen molar-refractivity contribution < 1.29 is 9.53 Å². The van der Waals surface area contributed by atoms with Gasteiger partial charge < -0.3 is 15.4 Å². The number of rotatable bonds is 10. The molecule has 152 valence electrons. The lowest BCUT2D eigenvalue weighted by Gasteiger charge is -2.20. The average Bonchev–Trinajstić information content (AvgIpc) is 2.70. The van der Waals surface area contributed by atoms with Gasteiger partial charge in [0.1, 0.15) is 0 Å². The van der Waals surface area contributed by atoms with Gasteiger partial charge in [-0.1, -0.05) is 44.2 Å². The molecule has 2 amide bonds. The number of carbonyl (C=O) groups excluding carboxylic acids is 1. The second-order valence-electron chi connectivity index (χ2n) is 6.94. The molecule has 28 heavy (non-hydrogen) atoms. The van der Waals surface area contributed by atoms with E-state index in [2.05, 4.69) is 46.5 Å². The fourth-order valence-electron chi connectivity index (χ4n) is 2.82. The van der Waals surface area contributed by atoms with E-state index in [9.17, 15) is 4.79 Å². The van der Waals surface area contributed by atoms with Crippen LogP contribution in [0.15, 0.2) is 42.6 Å². The van der Waals surface area contributed by atoms with Gasteiger partial charge in [-0.3, -0.25) is 4.90 Å². The predicted molar refractivity (Wildman–Crippen MR) is 112 cm³/mol. The number of carbonyl (C=O) groups is 1. The summed E-state index contributed by atoms with van der Waals surface area (Å²) in [7, 11) is 0. The second kappa shape index (κ2) is 11.3. The highest BCUT2D eigenvalue weighted by molar-refractivity contribution is 5.73. The summed E-state index contributed by atoms with van der Waals surface area (Å²) >= 11 is 0. The molecule has 6 heteroatoms. The van der Waals surface area contributed by atoms with Crippen LogP contribution in [-0.4, -0.2) is 35.1 Å². The van der Waals surface area contributed by atoms with E-state index in [1.807, 2.05) is 38.1 Å². The number of pyridine rings is 1. The first kappa shape index (κ1) is 21.7. The highest BCUT2D eigenvalue weighted by Gasteiger charge is 2.08. The number of nitrogens with one attached hydrogen (secondary N) is 2. The van der Waals surface area contributed by atoms with Crippen LogP contribution in [0.3, 0.4) is 0 Å². The number of hydrogen-bond donors (Lipinski definition) is 2. The first-order valence-corrected chi connectivity index (χ1v) is 9.94. The van der Waals surface area contributed by atoms with Crippen molar-refractivity contribution in [2.75, 3.05) is 13.1 Å². The molecule has 0 unspecified atom stereocenters. The second-order valence-corrected chi connectivity index (χ2v) is 6.94. The average molecular weight is 385 g/mol. The summed E-state index contributed by atoms with van der Waals surface area (Å²) in [5.41, 5.74) is 3.31. The van der Waals surface area contributed by atoms with Crippen LogP contribution in [0.25, 0.3) is 0 Å². The molecule has 6 nitrogen and oxygen atoms in total. The number of ether oxygens (including phenoxy) is 1. The molecule has 0 bridgehead atoms. The van der Waals surface area contributed by atoms with Crippen LogP contribution in [0.2, 0.25) is 0 Å². The van der Waals surface area contributed by atoms with Gasteiger partial charge in [0.15, 0.2) is 0 Å². The van der Waals surface area contributed by atoms with E-state index in [1.165, 1.54) is 5.56 Å². The van der Waals surface area contributed by atoms with Gasteiger partial charge in [-0.2, -0.15) is 0 Å². The lowest BCUT2D eigenvalue weighted by molar-refractivity contribution is 0.232. The zero-order valence-electron chi connectivity index (χ0n) is 17.4. The van der Waals surface area contributed by atoms with Crippen LogP contribution in [0.4, 0.5) is 4.79 Å². The van der Waals surface area contributed by atoms with E-state index in [0.717, 1.165) is 30.8 Å². The van der Waals surface area contributed by atoms with Crippen LogP contribution >= 0.6 is 0 Å². The Kier molecular flexibility index (Phi) is 8.75. The summed E-state index contributed by atoms with van der Waals surface area (Å²) < 4.78 is 5.52. The molecule has 0 atom stereocenters. The molecule has 2 aromatic rings. The third-order valence-electron chi connectivity index (χ3n) is 4.45. The SMILES string of the molecule is CCN(CC)Cc1ccccc1CNC(=O)NCc1ccc(OC(C)C)nc1. The predicted octanol–water partition coefficient (Wildman–Crippen LogP) is 3.71. The first-order chi connectivity index (χ1) is 13.5. The van der Waals surface area contributed by atoms with Crippen LogP contribution in [0.1, 0.15) is 44.4 Å². The Morgan fingerprint density at radius 2 is 1.71 bits per heavy atom. The van der Waals surface area contributed by atoms with Gasteiger partial charge in [-0.05, 0) is 43.6 Å². The van der Waals surface area contributed by atoms with Gasteiger partial charge in [0, 0.05) is 31.9 Å². The molecule has 0 aliphatic carbocycles. The molecule has 2 rings (SSSR count). The maximum atomic E-state index is 12.2. The molecule has 1 aromatic heterocycles. The smallest absolute Gasteiger partial charge is 0.315 e. The molecular weight excluding hydrogens is 352 g/mol. The number of aromatic nitrogens is 1. The maximum Gasteiger partial charge on any atom is 0.315 e. The number of nitrogens with zero attached hydrogens (tertiary/aromatic N) is 2. The van der Waals surface area contributed by atoms with E-state index < -0.39 is 0 Å². The molecule has 0 aliphatic heterocycles. The van der Waals surface area contributed by atoms with Gasteiger partial charge >= 0.3 is 6.03 Å². The van der Waals surface area contributed by atoms with Crippen LogP contribution in [0, 0.1) is 0 Å². The molecule has 0 fully saturated rings. The summed E-state index contributed by atoms with van der Waals surface area (Å²) in [6.45, 7) is 12.1. The van der Waals surface area contributed by atoms with Gasteiger partial charge in [0.05, 0.1) is 6.10 Å². The molecule has 0 saturated carbocycles. The molecule has 1 heterocycles. The summed E-state index contributed by atoms with van der Waals surface area (Å²) in [5.74, 6) is 0.591. The third kappa shape index (κ3) is 7.19. The maximum absolute atomic E-state index is 12.2. The van der Waals surface area contributed by atoms with Crippen LogP contribution in [-0.2, 0) is 19.6 Å². The Hall–Kier alpha value is -2.60. The van der Waals surface area contributed by atoms with E-state index in [0.29, 0.717) is 19.0 Å². The van der Waals surface area contributed by atoms with Crippen LogP contribution < -0.4 is 15.4 Å². The van der Waals surface area contributed by atoms with Crippen molar-refractivity contribution >= 4 is 6.03 Å². The van der Waals surface area contributed by atoms with E-state index in [-0.39, 0.29) is 12.1 Å². The van der Waals surface area contributed by atoms with Gasteiger partial charge in [-0.15, -0.1) is 0 Å². The number of urea groups is 1. The molecule has 0 saturated heterocycles. The highest BCUT2D eigenvalue weighted by atomic mass is 16.5. The molecule has 0 radical (unpaired) electrons. The molecule has 0 spiro atoms. The van der Waals surface area contributed by atoms with Crippen molar-refractivity contribution in [3.63, 3.8) is 0 Å². The summed E-state index contributed by atoms with van der Waals surface area (Å²) in [6.07, 6.45) is 1.81. The summed E-state index contributed by atoms with van der Waals surface area (Å²) in [6, 6.07) is 11.8. The molecule has 1 aromatic carbocycles. The Morgan fingerprint density at radius 1 is 1.04 bits per heavy atom. The van der Waals surface area contributed by atoms with E-state index >= 15 is 0 Å². The molecule has 2 N–H and O–H groups in total. The Labute approximate surface area is 168 Å². The lowest BCUT2D eigenvalue weighted by atomic mass is 10.1. The normalized spacial score (nSPS) is 10.9. The van der Waals surface area contributed by atoms with E-state index in [4.69, 9.17) is 4.74 Å². The minimum absolute atomic E-state index is 0.0897. The Bertz CT molecular complexity index is 728. The van der Waals surface area contributed by atoms with Crippen molar-refractivity contribution in [2.24, 2.45) is 0 Å². The fraction of sp³-hybridized carbons (Fsp3) is 0.455. The zero-order valence-corrected chi connectivity index (χ0v) is 17.4. The van der Waals surface area contributed by atoms with Gasteiger partial charge in [0.25, 0.3) is 0 Å². The molecule has 0 aliphatic rings. The molecular formula is C22H32N4O2. The monoisotopic (exact) mass is 384 g/mol. The number of benzene rings is 1. The minimum Gasteiger partial charge on any atom is -0.475 e. The number of amides is 2. The Balaban J connectivity index is 1.83. The highest BCUT2D eigenvalue weighted by Crippen LogP contribution is 2.12. The van der Waals surface area contributed by atoms with Gasteiger partial charge in [-0.25, -0.2) is 9.78 Å². The summed E-state index contributed by atoms with van der Waals surface area (Å²) in [4.78, 5) is 18.8. The Morgan fingerprint density at radius 3 is 2.32 bits per heavy atom. The number of hydrogen-bond acceptors (Lipinski definition) is 4. The summed E-state index contributed by atoms with van der Waals surface area (Å²) in [5, 5.41) is 5.81. The minimum atomic E-state index is -0.194. The van der Waals surface area contributed by atoms with Crippen molar-refractivity contribution in [1.29, 1.82) is 0 Å². The van der Waals surface area contributed by atoms with Crippen molar-refractivity contribution in [2.45, 2.75) is 53.4 Å². The lowest BCUT2D eigenvalue weighted by Crippen LogP contribution is -2.35. The van der Waals surface area contributed by atoms with Crippen molar-refractivity contribution in [1.82, 2.24) is 20.5 Å². The third-order valence-corrected chi connectivity index (χ3v) is 4.45. The van der Waals surface area contributed by atoms with Crippen molar-refractivity contribution in [3.8, 4) is 5.88 Å². The largest absolute Gasteiger partial charge is 0.475 e. The van der Waals surface area contributed by atoms with E-state index in [1.54, 1.807) is 6.20 Å². The topological polar surface area (TPSA) is 66.5 Å². The zero-order chi connectivity index (χ0) is 20.4. The standard InChI is InChI=1S/C22H32N4O2/c1-5-26(6-2)16-20-10-8-7-9-19(20)15-25-22(27)24-14-18-11-12-21(23-13-18)28-17(3)4/h7-13,17H,5-6,14-16H2,1-4H3,(H2,24,25,27). The fourth-order valence-corrected chi connectivity index (χ4v) is 2.82. The quantitative estimate of drug-likeness (QED) is 0.655.